The number of hydrogen-bond acceptors (Lipinski definition) is 4. The van der Waals surface area contributed by atoms with Gasteiger partial charge in [-0.3, -0.25) is 4.79 Å². The second kappa shape index (κ2) is 7.32. The normalized spacial score (nSPS) is 10.6. The maximum Gasteiger partial charge on any atom is 0.276 e. The summed E-state index contributed by atoms with van der Waals surface area (Å²) in [6.07, 6.45) is 1.64. The summed E-state index contributed by atoms with van der Waals surface area (Å²) in [6.45, 7) is 0. The standard InChI is InChI=1S/C21H15FN4O2/c22-15-9-10-16(19(27)12-15)24-21(28)17-13-18(14-6-2-1-3-7-14)26(25-17)20-8-4-5-11-23-20/h1-13,27H,(H,24,28). The van der Waals surface area contributed by atoms with E-state index in [1.807, 2.05) is 36.4 Å². The van der Waals surface area contributed by atoms with E-state index < -0.39 is 11.7 Å². The van der Waals surface area contributed by atoms with E-state index in [2.05, 4.69) is 15.4 Å². The molecule has 0 fully saturated rings. The Hall–Kier alpha value is -4.00. The fourth-order valence-electron chi connectivity index (χ4n) is 2.76. The zero-order chi connectivity index (χ0) is 19.5. The third-order valence-corrected chi connectivity index (χ3v) is 4.09. The first-order valence-corrected chi connectivity index (χ1v) is 8.48. The minimum absolute atomic E-state index is 0.0973. The number of hydrogen-bond donors (Lipinski definition) is 2. The van der Waals surface area contributed by atoms with E-state index in [0.29, 0.717) is 11.5 Å². The van der Waals surface area contributed by atoms with E-state index in [1.165, 1.54) is 6.07 Å². The number of nitrogens with one attached hydrogen (secondary N) is 1. The van der Waals surface area contributed by atoms with Crippen LogP contribution in [-0.2, 0) is 0 Å². The van der Waals surface area contributed by atoms with Crippen LogP contribution in [0.15, 0.2) is 79.0 Å². The molecule has 0 saturated heterocycles. The van der Waals surface area contributed by atoms with Crippen molar-refractivity contribution in [1.82, 2.24) is 14.8 Å². The zero-order valence-electron chi connectivity index (χ0n) is 14.6. The van der Waals surface area contributed by atoms with E-state index in [9.17, 15) is 14.3 Å². The molecule has 0 unspecified atom stereocenters. The molecule has 0 aliphatic carbocycles. The van der Waals surface area contributed by atoms with Gasteiger partial charge in [-0.1, -0.05) is 36.4 Å². The van der Waals surface area contributed by atoms with E-state index in [-0.39, 0.29) is 17.1 Å². The van der Waals surface area contributed by atoms with Crippen LogP contribution >= 0.6 is 0 Å². The highest BCUT2D eigenvalue weighted by Crippen LogP contribution is 2.26. The Labute approximate surface area is 159 Å². The van der Waals surface area contributed by atoms with Crippen LogP contribution in [0.1, 0.15) is 10.5 Å². The smallest absolute Gasteiger partial charge is 0.276 e. The number of benzene rings is 2. The van der Waals surface area contributed by atoms with Gasteiger partial charge in [0, 0.05) is 17.8 Å². The average molecular weight is 374 g/mol. The Bertz CT molecular complexity index is 1070. The summed E-state index contributed by atoms with van der Waals surface area (Å²) < 4.78 is 14.7. The molecule has 0 spiro atoms. The Kier molecular flexibility index (Phi) is 4.55. The molecular formula is C21H15FN4O2. The first-order chi connectivity index (χ1) is 13.6. The lowest BCUT2D eigenvalue weighted by atomic mass is 10.1. The van der Waals surface area contributed by atoms with Gasteiger partial charge in [-0.15, -0.1) is 0 Å². The molecule has 2 N–H and O–H groups in total. The van der Waals surface area contributed by atoms with E-state index in [4.69, 9.17) is 0 Å². The van der Waals surface area contributed by atoms with E-state index >= 15 is 0 Å². The molecule has 28 heavy (non-hydrogen) atoms. The minimum Gasteiger partial charge on any atom is -0.506 e. The number of nitrogens with zero attached hydrogens (tertiary/aromatic N) is 3. The van der Waals surface area contributed by atoms with Crippen LogP contribution in [0.2, 0.25) is 0 Å². The van der Waals surface area contributed by atoms with Crippen molar-refractivity contribution in [2.24, 2.45) is 0 Å². The van der Waals surface area contributed by atoms with Crippen LogP contribution < -0.4 is 5.32 Å². The fraction of sp³-hybridized carbons (Fsp3) is 0. The van der Waals surface area contributed by atoms with E-state index in [1.54, 1.807) is 29.1 Å². The number of carbonyl (C=O) groups is 1. The third-order valence-electron chi connectivity index (χ3n) is 4.09. The lowest BCUT2D eigenvalue weighted by molar-refractivity contribution is 0.102. The van der Waals surface area contributed by atoms with Crippen LogP contribution in [0, 0.1) is 5.82 Å². The molecule has 2 aromatic heterocycles. The van der Waals surface area contributed by atoms with Crippen molar-refractivity contribution in [2.45, 2.75) is 0 Å². The SMILES string of the molecule is O=C(Nc1ccc(F)cc1O)c1cc(-c2ccccc2)n(-c2ccccn2)n1. The van der Waals surface area contributed by atoms with Crippen molar-refractivity contribution in [3.8, 4) is 22.8 Å². The monoisotopic (exact) mass is 374 g/mol. The van der Waals surface area contributed by atoms with Gasteiger partial charge in [0.1, 0.15) is 11.6 Å². The number of carbonyl (C=O) groups excluding carboxylic acids is 1. The zero-order valence-corrected chi connectivity index (χ0v) is 14.6. The third kappa shape index (κ3) is 3.45. The van der Waals surface area contributed by atoms with Crippen molar-refractivity contribution in [3.05, 3.63) is 90.5 Å². The summed E-state index contributed by atoms with van der Waals surface area (Å²) in [5.41, 5.74) is 1.78. The molecule has 0 aliphatic rings. The molecule has 4 aromatic rings. The Morgan fingerprint density at radius 2 is 1.79 bits per heavy atom. The van der Waals surface area contributed by atoms with Gasteiger partial charge in [-0.25, -0.2) is 14.1 Å². The molecule has 2 heterocycles. The highest BCUT2D eigenvalue weighted by Gasteiger charge is 2.18. The molecule has 4 rings (SSSR count). The van der Waals surface area contributed by atoms with Gasteiger partial charge in [0.2, 0.25) is 0 Å². The predicted molar refractivity (Wildman–Crippen MR) is 103 cm³/mol. The van der Waals surface area contributed by atoms with Crippen LogP contribution in [0.3, 0.4) is 0 Å². The highest BCUT2D eigenvalue weighted by atomic mass is 19.1. The number of phenolic OH excluding ortho intramolecular Hbond substituents is 1. The minimum atomic E-state index is -0.596. The van der Waals surface area contributed by atoms with Gasteiger partial charge in [-0.2, -0.15) is 5.10 Å². The van der Waals surface area contributed by atoms with Crippen LogP contribution in [0.4, 0.5) is 10.1 Å². The van der Waals surface area contributed by atoms with Crippen LogP contribution in [0.25, 0.3) is 17.1 Å². The maximum atomic E-state index is 13.1. The van der Waals surface area contributed by atoms with Gasteiger partial charge in [0.05, 0.1) is 11.4 Å². The number of aromatic hydroxyl groups is 1. The first kappa shape index (κ1) is 17.4. The molecule has 0 saturated carbocycles. The number of amides is 1. The molecule has 1 amide bonds. The maximum absolute atomic E-state index is 13.1. The summed E-state index contributed by atoms with van der Waals surface area (Å²) in [6, 6.07) is 19.9. The van der Waals surface area contributed by atoms with Crippen LogP contribution in [-0.4, -0.2) is 25.8 Å². The van der Waals surface area contributed by atoms with Gasteiger partial charge in [0.25, 0.3) is 5.91 Å². The molecule has 0 radical (unpaired) electrons. The second-order valence-corrected chi connectivity index (χ2v) is 6.00. The van der Waals surface area contributed by atoms with Crippen molar-refractivity contribution < 1.29 is 14.3 Å². The van der Waals surface area contributed by atoms with Crippen molar-refractivity contribution in [2.75, 3.05) is 5.32 Å². The van der Waals surface area contributed by atoms with Gasteiger partial charge >= 0.3 is 0 Å². The quantitative estimate of drug-likeness (QED) is 0.529. The Morgan fingerprint density at radius 3 is 2.50 bits per heavy atom. The Morgan fingerprint density at radius 1 is 1.00 bits per heavy atom. The number of halogens is 1. The highest BCUT2D eigenvalue weighted by molar-refractivity contribution is 6.04. The number of anilines is 1. The lowest BCUT2D eigenvalue weighted by Crippen LogP contribution is -2.13. The number of aromatic nitrogens is 3. The number of rotatable bonds is 4. The molecule has 0 aliphatic heterocycles. The van der Waals surface area contributed by atoms with Crippen molar-refractivity contribution >= 4 is 11.6 Å². The second-order valence-electron chi connectivity index (χ2n) is 6.00. The lowest BCUT2D eigenvalue weighted by Gasteiger charge is -2.06. The summed E-state index contributed by atoms with van der Waals surface area (Å²) in [7, 11) is 0. The average Bonchev–Trinajstić information content (AvgIpc) is 3.17. The summed E-state index contributed by atoms with van der Waals surface area (Å²) in [5, 5.41) is 16.7. The molecule has 0 bridgehead atoms. The van der Waals surface area contributed by atoms with Gasteiger partial charge < -0.3 is 10.4 Å². The molecule has 6 nitrogen and oxygen atoms in total. The van der Waals surface area contributed by atoms with Crippen LogP contribution in [0.5, 0.6) is 5.75 Å². The Balaban J connectivity index is 1.74. The molecular weight excluding hydrogens is 359 g/mol. The van der Waals surface area contributed by atoms with Gasteiger partial charge in [-0.05, 0) is 30.3 Å². The number of pyridine rings is 1. The van der Waals surface area contributed by atoms with Crippen molar-refractivity contribution in [3.63, 3.8) is 0 Å². The molecule has 2 aromatic carbocycles. The summed E-state index contributed by atoms with van der Waals surface area (Å²) >= 11 is 0. The first-order valence-electron chi connectivity index (χ1n) is 8.48. The molecule has 0 atom stereocenters. The molecule has 138 valence electrons. The van der Waals surface area contributed by atoms with E-state index in [0.717, 1.165) is 17.7 Å². The summed E-state index contributed by atoms with van der Waals surface area (Å²) in [4.78, 5) is 17.0. The largest absolute Gasteiger partial charge is 0.506 e. The number of phenols is 1. The van der Waals surface area contributed by atoms with Gasteiger partial charge in [0.15, 0.2) is 11.5 Å². The fourth-order valence-corrected chi connectivity index (χ4v) is 2.76. The summed E-state index contributed by atoms with van der Waals surface area (Å²) in [5.74, 6) is -0.930. The molecule has 7 heteroatoms. The van der Waals surface area contributed by atoms with Crippen molar-refractivity contribution in [1.29, 1.82) is 0 Å². The topological polar surface area (TPSA) is 80.0 Å². The predicted octanol–water partition coefficient (Wildman–Crippen LogP) is 4.03.